The van der Waals surface area contributed by atoms with Crippen LogP contribution in [0.4, 0.5) is 0 Å². The third kappa shape index (κ3) is 3.02. The minimum Gasteiger partial charge on any atom is -0.454 e. The Bertz CT molecular complexity index is 1380. The van der Waals surface area contributed by atoms with Gasteiger partial charge in [0.25, 0.3) is 0 Å². The summed E-state index contributed by atoms with van der Waals surface area (Å²) < 4.78 is 12.2. The largest absolute Gasteiger partial charge is 0.454 e. The van der Waals surface area contributed by atoms with Crippen LogP contribution in [0.15, 0.2) is 74.3 Å². The molecule has 3 aromatic heterocycles. The number of thiazole rings is 1. The number of aromatic nitrogens is 2. The first kappa shape index (κ1) is 16.9. The molecule has 0 amide bonds. The minimum atomic E-state index is -0.484. The second kappa shape index (κ2) is 6.74. The summed E-state index contributed by atoms with van der Waals surface area (Å²) in [6, 6.07) is 18.5. The number of para-hydroxylation sites is 2. The summed E-state index contributed by atoms with van der Waals surface area (Å²) in [5, 5.41) is 1.37. The Labute approximate surface area is 167 Å². The second-order valence-electron chi connectivity index (χ2n) is 6.00. The van der Waals surface area contributed by atoms with Crippen molar-refractivity contribution in [1.82, 2.24) is 9.97 Å². The van der Waals surface area contributed by atoms with Crippen molar-refractivity contribution in [3.63, 3.8) is 0 Å². The van der Waals surface area contributed by atoms with Gasteiger partial charge >= 0.3 is 5.63 Å². The molecule has 0 N–H and O–H groups in total. The Morgan fingerprint density at radius 2 is 1.71 bits per heavy atom. The van der Waals surface area contributed by atoms with Gasteiger partial charge < -0.3 is 8.83 Å². The van der Waals surface area contributed by atoms with E-state index in [1.165, 1.54) is 0 Å². The summed E-state index contributed by atoms with van der Waals surface area (Å²) in [5.41, 5.74) is 0.966. The fourth-order valence-electron chi connectivity index (χ4n) is 2.83. The van der Waals surface area contributed by atoms with Crippen LogP contribution in [0.2, 0.25) is 0 Å². The van der Waals surface area contributed by atoms with Crippen molar-refractivity contribution in [3.05, 3.63) is 82.7 Å². The lowest BCUT2D eigenvalue weighted by Crippen LogP contribution is -2.03. The van der Waals surface area contributed by atoms with Gasteiger partial charge in [-0.1, -0.05) is 35.9 Å². The molecule has 5 aromatic rings. The van der Waals surface area contributed by atoms with E-state index in [4.69, 9.17) is 20.4 Å². The van der Waals surface area contributed by atoms with E-state index in [1.54, 1.807) is 47.7 Å². The number of hydrogen-bond donors (Lipinski definition) is 0. The molecule has 2 aromatic carbocycles. The predicted octanol–water partition coefficient (Wildman–Crippen LogP) is 5.79. The van der Waals surface area contributed by atoms with E-state index in [0.717, 1.165) is 15.2 Å². The topological polar surface area (TPSA) is 69.1 Å². The number of hydrogen-bond acceptors (Lipinski definition) is 6. The molecule has 0 radical (unpaired) electrons. The van der Waals surface area contributed by atoms with Crippen LogP contribution >= 0.6 is 22.9 Å². The van der Waals surface area contributed by atoms with Crippen LogP contribution in [0, 0.1) is 0 Å². The van der Waals surface area contributed by atoms with Gasteiger partial charge in [-0.15, -0.1) is 11.3 Å². The first-order valence-corrected chi connectivity index (χ1v) is 9.60. The molecule has 136 valence electrons. The number of nitrogens with zero attached hydrogens (tertiary/aromatic N) is 2. The molecule has 3 heterocycles. The van der Waals surface area contributed by atoms with Crippen molar-refractivity contribution in [3.8, 4) is 10.8 Å². The Hall–Kier alpha value is -3.22. The maximum atomic E-state index is 12.1. The van der Waals surface area contributed by atoms with E-state index in [1.807, 2.05) is 30.3 Å². The molecule has 0 spiro atoms. The average Bonchev–Trinajstić information content (AvgIpc) is 3.34. The number of benzene rings is 2. The molecule has 0 fully saturated rings. The van der Waals surface area contributed by atoms with Crippen molar-refractivity contribution >= 4 is 55.2 Å². The third-order valence-electron chi connectivity index (χ3n) is 4.14. The summed E-state index contributed by atoms with van der Waals surface area (Å²) in [6.07, 6.45) is 1.57. The lowest BCUT2D eigenvalue weighted by Gasteiger charge is -1.99. The summed E-state index contributed by atoms with van der Waals surface area (Å²) in [6.45, 7) is 0. The molecule has 5 rings (SSSR count). The van der Waals surface area contributed by atoms with Gasteiger partial charge in [-0.3, -0.25) is 0 Å². The Morgan fingerprint density at radius 3 is 2.57 bits per heavy atom. The van der Waals surface area contributed by atoms with Gasteiger partial charge in [0, 0.05) is 6.08 Å². The Morgan fingerprint density at radius 1 is 0.929 bits per heavy atom. The monoisotopic (exact) mass is 406 g/mol. The Kier molecular flexibility index (Phi) is 4.07. The van der Waals surface area contributed by atoms with Gasteiger partial charge in [0.15, 0.2) is 10.8 Å². The van der Waals surface area contributed by atoms with E-state index >= 15 is 0 Å². The molecular formula is C21H11ClN2O3S. The van der Waals surface area contributed by atoms with Crippen molar-refractivity contribution in [2.24, 2.45) is 0 Å². The molecule has 5 nitrogen and oxygen atoms in total. The van der Waals surface area contributed by atoms with Crippen molar-refractivity contribution < 1.29 is 8.83 Å². The maximum Gasteiger partial charge on any atom is 0.347 e. The molecule has 0 aliphatic carbocycles. The van der Waals surface area contributed by atoms with Crippen molar-refractivity contribution in [2.45, 2.75) is 0 Å². The molecule has 7 heteroatoms. The number of fused-ring (bicyclic) bond motifs is 2. The van der Waals surface area contributed by atoms with Crippen LogP contribution in [0.25, 0.3) is 43.0 Å². The van der Waals surface area contributed by atoms with Crippen LogP contribution in [-0.2, 0) is 0 Å². The quantitative estimate of drug-likeness (QED) is 0.379. The lowest BCUT2D eigenvalue weighted by atomic mass is 10.2. The van der Waals surface area contributed by atoms with E-state index < -0.39 is 5.63 Å². The summed E-state index contributed by atoms with van der Waals surface area (Å²) in [4.78, 5) is 21.0. The van der Waals surface area contributed by atoms with Gasteiger partial charge in [-0.2, -0.15) is 0 Å². The van der Waals surface area contributed by atoms with Gasteiger partial charge in [-0.05, 0) is 36.4 Å². The van der Waals surface area contributed by atoms with E-state index in [9.17, 15) is 4.79 Å². The molecule has 0 unspecified atom stereocenters. The second-order valence-corrected chi connectivity index (χ2v) is 7.44. The smallest absolute Gasteiger partial charge is 0.347 e. The highest BCUT2D eigenvalue weighted by Gasteiger charge is 2.12. The highest BCUT2D eigenvalue weighted by atomic mass is 35.5. The molecule has 0 atom stereocenters. The van der Waals surface area contributed by atoms with Crippen LogP contribution in [0.3, 0.4) is 0 Å². The zero-order valence-electron chi connectivity index (χ0n) is 14.3. The van der Waals surface area contributed by atoms with Gasteiger partial charge in [0.2, 0.25) is 5.89 Å². The van der Waals surface area contributed by atoms with Crippen molar-refractivity contribution in [1.29, 1.82) is 0 Å². The standard InChI is InChI=1S/C21H11ClN2O3S/c22-14(19-23-15-6-2-1-5-13(15)21(25)27-19)11-12-9-10-17(26-12)20-24-16-7-3-4-8-18(16)28-20/h1-11H/b14-11-. The molecule has 0 saturated carbocycles. The summed E-state index contributed by atoms with van der Waals surface area (Å²) >= 11 is 7.88. The fraction of sp³-hybridized carbons (Fsp3) is 0. The zero-order chi connectivity index (χ0) is 19.1. The zero-order valence-corrected chi connectivity index (χ0v) is 15.8. The van der Waals surface area contributed by atoms with E-state index in [0.29, 0.717) is 22.4 Å². The normalized spacial score (nSPS) is 12.1. The van der Waals surface area contributed by atoms with Gasteiger partial charge in [0.1, 0.15) is 10.8 Å². The molecular weight excluding hydrogens is 396 g/mol. The van der Waals surface area contributed by atoms with Gasteiger partial charge in [0.05, 0.1) is 21.1 Å². The molecule has 28 heavy (non-hydrogen) atoms. The van der Waals surface area contributed by atoms with E-state index in [-0.39, 0.29) is 10.9 Å². The molecule has 0 bridgehead atoms. The highest BCUT2D eigenvalue weighted by molar-refractivity contribution is 7.21. The highest BCUT2D eigenvalue weighted by Crippen LogP contribution is 2.32. The van der Waals surface area contributed by atoms with Gasteiger partial charge in [-0.25, -0.2) is 14.8 Å². The fourth-order valence-corrected chi connectivity index (χ4v) is 3.95. The number of halogens is 1. The average molecular weight is 407 g/mol. The third-order valence-corrected chi connectivity index (χ3v) is 5.46. The first-order valence-electron chi connectivity index (χ1n) is 8.41. The molecule has 0 saturated heterocycles. The van der Waals surface area contributed by atoms with Crippen LogP contribution in [-0.4, -0.2) is 9.97 Å². The first-order chi connectivity index (χ1) is 13.7. The van der Waals surface area contributed by atoms with Crippen LogP contribution < -0.4 is 5.63 Å². The minimum absolute atomic E-state index is 0.0447. The number of rotatable bonds is 3. The summed E-state index contributed by atoms with van der Waals surface area (Å²) in [5.74, 6) is 1.20. The van der Waals surface area contributed by atoms with Crippen molar-refractivity contribution in [2.75, 3.05) is 0 Å². The molecule has 0 aliphatic heterocycles. The maximum absolute atomic E-state index is 12.1. The van der Waals surface area contributed by atoms with E-state index in [2.05, 4.69) is 9.97 Å². The van der Waals surface area contributed by atoms with Crippen LogP contribution in [0.5, 0.6) is 0 Å². The number of furan rings is 1. The van der Waals surface area contributed by atoms with Crippen LogP contribution in [0.1, 0.15) is 11.7 Å². The Balaban J connectivity index is 1.50. The molecule has 0 aliphatic rings. The predicted molar refractivity (Wildman–Crippen MR) is 111 cm³/mol. The summed E-state index contributed by atoms with van der Waals surface area (Å²) in [7, 11) is 0. The lowest BCUT2D eigenvalue weighted by molar-refractivity contribution is 0.489. The SMILES string of the molecule is O=c1oc(/C(Cl)=C/c2ccc(-c3nc4ccccc4s3)o2)nc2ccccc12.